The van der Waals surface area contributed by atoms with Crippen LogP contribution in [0.15, 0.2) is 29.4 Å². The van der Waals surface area contributed by atoms with Crippen LogP contribution < -0.4 is 5.73 Å². The van der Waals surface area contributed by atoms with Crippen LogP contribution >= 0.6 is 11.6 Å². The lowest BCUT2D eigenvalue weighted by Crippen LogP contribution is -2.24. The molecule has 6 heteroatoms. The van der Waals surface area contributed by atoms with Gasteiger partial charge in [0.25, 0.3) is 0 Å². The predicted octanol–water partition coefficient (Wildman–Crippen LogP) is 1.68. The smallest absolute Gasteiger partial charge is 0.184 e. The molecule has 0 spiro atoms. The number of aryl methyl sites for hydroxylation is 1. The van der Waals surface area contributed by atoms with Gasteiger partial charge in [-0.15, -0.1) is 0 Å². The molecule has 0 radical (unpaired) electrons. The fourth-order valence-electron chi connectivity index (χ4n) is 2.32. The van der Waals surface area contributed by atoms with Crippen molar-refractivity contribution in [3.05, 3.63) is 40.7 Å². The van der Waals surface area contributed by atoms with Crippen molar-refractivity contribution in [2.24, 2.45) is 17.8 Å². The van der Waals surface area contributed by atoms with Crippen LogP contribution in [0, 0.1) is 0 Å². The van der Waals surface area contributed by atoms with Gasteiger partial charge in [0.05, 0.1) is 11.9 Å². The molecule has 0 aliphatic carbocycles. The minimum Gasteiger partial charge on any atom is -0.325 e. The molecule has 0 atom stereocenters. The van der Waals surface area contributed by atoms with Gasteiger partial charge in [0, 0.05) is 30.3 Å². The molecule has 5 nitrogen and oxygen atoms in total. The second-order valence-corrected chi connectivity index (χ2v) is 4.98. The van der Waals surface area contributed by atoms with Gasteiger partial charge in [-0.1, -0.05) is 23.7 Å². The lowest BCUT2D eigenvalue weighted by atomic mass is 9.93. The molecule has 2 heterocycles. The van der Waals surface area contributed by atoms with Crippen LogP contribution in [0.25, 0.3) is 11.1 Å². The van der Waals surface area contributed by atoms with Crippen LogP contribution in [-0.4, -0.2) is 34.4 Å². The summed E-state index contributed by atoms with van der Waals surface area (Å²) >= 11 is 6.20. The molecule has 3 rings (SSSR count). The SMILES string of the molecule is Cn1ncc(-c2ccc3c(c2)C(CN)=NCC3=O)c1Cl. The fraction of sp³-hybridized carbons (Fsp3) is 0.214. The number of aromatic nitrogens is 2. The van der Waals surface area contributed by atoms with Gasteiger partial charge in [0.15, 0.2) is 5.78 Å². The zero-order chi connectivity index (χ0) is 14.3. The van der Waals surface area contributed by atoms with E-state index in [1.807, 2.05) is 12.1 Å². The Bertz CT molecular complexity index is 733. The zero-order valence-electron chi connectivity index (χ0n) is 10.9. The van der Waals surface area contributed by atoms with E-state index in [0.717, 1.165) is 22.4 Å². The Kier molecular flexibility index (Phi) is 3.16. The number of aliphatic imine (C=N–C) groups is 1. The second kappa shape index (κ2) is 4.85. The highest BCUT2D eigenvalue weighted by Gasteiger charge is 2.21. The van der Waals surface area contributed by atoms with Gasteiger partial charge < -0.3 is 5.73 Å². The van der Waals surface area contributed by atoms with Crippen molar-refractivity contribution >= 4 is 23.1 Å². The van der Waals surface area contributed by atoms with Gasteiger partial charge in [0.2, 0.25) is 0 Å². The maximum absolute atomic E-state index is 11.9. The molecule has 0 saturated carbocycles. The standard InChI is InChI=1S/C14H13ClN4O/c1-19-14(15)11(6-18-19)8-2-3-9-10(4-8)12(5-16)17-7-13(9)20/h2-4,6H,5,7,16H2,1H3. The average molecular weight is 289 g/mol. The highest BCUT2D eigenvalue weighted by molar-refractivity contribution is 6.32. The molecule has 102 valence electrons. The summed E-state index contributed by atoms with van der Waals surface area (Å²) in [6.45, 7) is 0.483. The van der Waals surface area contributed by atoms with E-state index in [-0.39, 0.29) is 12.3 Å². The van der Waals surface area contributed by atoms with Crippen molar-refractivity contribution in [2.75, 3.05) is 13.1 Å². The monoisotopic (exact) mass is 288 g/mol. The van der Waals surface area contributed by atoms with Gasteiger partial charge in [-0.25, -0.2) is 0 Å². The first-order chi connectivity index (χ1) is 9.61. The van der Waals surface area contributed by atoms with Gasteiger partial charge >= 0.3 is 0 Å². The van der Waals surface area contributed by atoms with Gasteiger partial charge in [0.1, 0.15) is 11.7 Å². The molecule has 1 aromatic carbocycles. The number of benzene rings is 1. The number of nitrogens with zero attached hydrogens (tertiary/aromatic N) is 3. The normalized spacial score (nSPS) is 14.2. The number of halogens is 1. The van der Waals surface area contributed by atoms with Gasteiger partial charge in [-0.3, -0.25) is 14.5 Å². The topological polar surface area (TPSA) is 73.3 Å². The first-order valence-corrected chi connectivity index (χ1v) is 6.58. The van der Waals surface area contributed by atoms with Gasteiger partial charge in [-0.2, -0.15) is 5.10 Å². The maximum Gasteiger partial charge on any atom is 0.184 e. The summed E-state index contributed by atoms with van der Waals surface area (Å²) in [5.74, 6) is 0.0148. The quantitative estimate of drug-likeness (QED) is 0.914. The number of carbonyl (C=O) groups excluding carboxylic acids is 1. The summed E-state index contributed by atoms with van der Waals surface area (Å²) in [5.41, 5.74) is 9.64. The summed E-state index contributed by atoms with van der Waals surface area (Å²) in [6.07, 6.45) is 1.70. The molecule has 20 heavy (non-hydrogen) atoms. The third-order valence-electron chi connectivity index (χ3n) is 3.42. The van der Waals surface area contributed by atoms with Crippen LogP contribution in [0.2, 0.25) is 5.15 Å². The van der Waals surface area contributed by atoms with E-state index in [0.29, 0.717) is 17.3 Å². The van der Waals surface area contributed by atoms with Crippen LogP contribution in [0.3, 0.4) is 0 Å². The zero-order valence-corrected chi connectivity index (χ0v) is 11.7. The molecule has 1 aromatic heterocycles. The molecule has 1 aliphatic heterocycles. The molecule has 0 unspecified atom stereocenters. The first kappa shape index (κ1) is 13.0. The highest BCUT2D eigenvalue weighted by atomic mass is 35.5. The van der Waals surface area contributed by atoms with Crippen molar-refractivity contribution in [2.45, 2.75) is 0 Å². The first-order valence-electron chi connectivity index (χ1n) is 6.20. The minimum absolute atomic E-state index is 0.0148. The van der Waals surface area contributed by atoms with E-state index >= 15 is 0 Å². The number of nitrogens with two attached hydrogens (primary N) is 1. The van der Waals surface area contributed by atoms with Crippen molar-refractivity contribution in [3.63, 3.8) is 0 Å². The van der Waals surface area contributed by atoms with Crippen molar-refractivity contribution in [1.29, 1.82) is 0 Å². The summed E-state index contributed by atoms with van der Waals surface area (Å²) < 4.78 is 1.60. The largest absolute Gasteiger partial charge is 0.325 e. The summed E-state index contributed by atoms with van der Waals surface area (Å²) in [5, 5.41) is 4.68. The van der Waals surface area contributed by atoms with Crippen molar-refractivity contribution in [1.82, 2.24) is 9.78 Å². The molecule has 0 saturated heterocycles. The van der Waals surface area contributed by atoms with Crippen LogP contribution in [0.1, 0.15) is 15.9 Å². The molecule has 0 fully saturated rings. The van der Waals surface area contributed by atoms with Crippen LogP contribution in [-0.2, 0) is 7.05 Å². The van der Waals surface area contributed by atoms with E-state index in [9.17, 15) is 4.79 Å². The highest BCUT2D eigenvalue weighted by Crippen LogP contribution is 2.30. The maximum atomic E-state index is 11.9. The van der Waals surface area contributed by atoms with E-state index < -0.39 is 0 Å². The van der Waals surface area contributed by atoms with Crippen LogP contribution in [0.5, 0.6) is 0 Å². The third-order valence-corrected chi connectivity index (χ3v) is 3.86. The second-order valence-electron chi connectivity index (χ2n) is 4.62. The lowest BCUT2D eigenvalue weighted by molar-refractivity contribution is 0.1000. The molecular formula is C14H13ClN4O. The average Bonchev–Trinajstić information content (AvgIpc) is 2.79. The summed E-state index contributed by atoms with van der Waals surface area (Å²) in [7, 11) is 1.78. The lowest BCUT2D eigenvalue weighted by Gasteiger charge is -2.16. The minimum atomic E-state index is 0.0148. The number of fused-ring (bicyclic) bond motifs is 1. The number of rotatable bonds is 2. The van der Waals surface area contributed by atoms with E-state index in [2.05, 4.69) is 10.1 Å². The Morgan fingerprint density at radius 1 is 1.35 bits per heavy atom. The molecule has 1 aliphatic rings. The molecule has 0 bridgehead atoms. The van der Waals surface area contributed by atoms with E-state index in [1.54, 1.807) is 24.0 Å². The Labute approximate surface area is 121 Å². The Morgan fingerprint density at radius 3 is 2.80 bits per heavy atom. The number of hydrogen-bond donors (Lipinski definition) is 1. The molecule has 0 amide bonds. The van der Waals surface area contributed by atoms with Crippen molar-refractivity contribution < 1.29 is 4.79 Å². The Morgan fingerprint density at radius 2 is 2.15 bits per heavy atom. The number of Topliss-reactive ketones (excluding diaryl/α,β-unsaturated/α-hetero) is 1. The Balaban J connectivity index is 2.16. The molecular weight excluding hydrogens is 276 g/mol. The number of hydrogen-bond acceptors (Lipinski definition) is 4. The number of ketones is 1. The third kappa shape index (κ3) is 1.95. The molecule has 2 aromatic rings. The predicted molar refractivity (Wildman–Crippen MR) is 78.4 cm³/mol. The van der Waals surface area contributed by atoms with Gasteiger partial charge in [-0.05, 0) is 11.6 Å². The summed E-state index contributed by atoms with van der Waals surface area (Å²) in [4.78, 5) is 16.1. The van der Waals surface area contributed by atoms with Crippen molar-refractivity contribution in [3.8, 4) is 11.1 Å². The molecule has 2 N–H and O–H groups in total. The fourth-order valence-corrected chi connectivity index (χ4v) is 2.52. The van der Waals surface area contributed by atoms with Crippen LogP contribution in [0.4, 0.5) is 0 Å². The van der Waals surface area contributed by atoms with E-state index in [4.69, 9.17) is 17.3 Å². The van der Waals surface area contributed by atoms with E-state index in [1.165, 1.54) is 0 Å². The number of carbonyl (C=O) groups is 1. The summed E-state index contributed by atoms with van der Waals surface area (Å²) in [6, 6.07) is 5.58. The Hall–Kier alpha value is -1.98.